The van der Waals surface area contributed by atoms with E-state index in [-0.39, 0.29) is 5.82 Å². The first kappa shape index (κ1) is 12.5. The minimum absolute atomic E-state index is 0.220. The van der Waals surface area contributed by atoms with Crippen LogP contribution in [0.2, 0.25) is 0 Å². The molecule has 0 radical (unpaired) electrons. The third kappa shape index (κ3) is 3.01. The highest BCUT2D eigenvalue weighted by molar-refractivity contribution is 9.10. The average Bonchev–Trinajstić information content (AvgIpc) is 2.29. The zero-order valence-corrected chi connectivity index (χ0v) is 11.6. The van der Waals surface area contributed by atoms with Crippen LogP contribution >= 0.6 is 27.7 Å². The zero-order valence-electron chi connectivity index (χ0n) is 9.21. The molecule has 0 saturated carbocycles. The van der Waals surface area contributed by atoms with Crippen LogP contribution in [0.25, 0.3) is 0 Å². The van der Waals surface area contributed by atoms with Gasteiger partial charge in [-0.3, -0.25) is 0 Å². The number of halogens is 2. The van der Waals surface area contributed by atoms with E-state index in [9.17, 15) is 4.39 Å². The lowest BCUT2D eigenvalue weighted by atomic mass is 10.2. The topological polar surface area (TPSA) is 26.0 Å². The number of benzene rings is 2. The van der Waals surface area contributed by atoms with Crippen molar-refractivity contribution < 1.29 is 4.39 Å². The van der Waals surface area contributed by atoms with Gasteiger partial charge in [0.2, 0.25) is 0 Å². The Morgan fingerprint density at radius 2 is 1.82 bits per heavy atom. The summed E-state index contributed by atoms with van der Waals surface area (Å²) in [6, 6.07) is 10.4. The summed E-state index contributed by atoms with van der Waals surface area (Å²) in [7, 11) is 0. The van der Waals surface area contributed by atoms with Gasteiger partial charge in [-0.05, 0) is 64.8 Å². The fraction of sp³-hybridized carbons (Fsp3) is 0.0769. The summed E-state index contributed by atoms with van der Waals surface area (Å²) < 4.78 is 13.7. The van der Waals surface area contributed by atoms with E-state index in [2.05, 4.69) is 15.9 Å². The molecule has 2 aromatic carbocycles. The van der Waals surface area contributed by atoms with E-state index < -0.39 is 0 Å². The molecule has 0 spiro atoms. The highest BCUT2D eigenvalue weighted by Gasteiger charge is 2.05. The van der Waals surface area contributed by atoms with Crippen molar-refractivity contribution in [2.24, 2.45) is 0 Å². The number of hydrogen-bond acceptors (Lipinski definition) is 2. The van der Waals surface area contributed by atoms with Crippen LogP contribution in [-0.4, -0.2) is 0 Å². The molecular formula is C13H11BrFNS. The first-order valence-electron chi connectivity index (χ1n) is 5.05. The van der Waals surface area contributed by atoms with Crippen molar-refractivity contribution in [2.75, 3.05) is 5.73 Å². The van der Waals surface area contributed by atoms with E-state index in [0.717, 1.165) is 25.5 Å². The molecule has 1 nitrogen and oxygen atoms in total. The van der Waals surface area contributed by atoms with Crippen molar-refractivity contribution in [3.8, 4) is 0 Å². The number of anilines is 1. The summed E-state index contributed by atoms with van der Waals surface area (Å²) in [4.78, 5) is 2.07. The van der Waals surface area contributed by atoms with E-state index in [1.54, 1.807) is 23.9 Å². The summed E-state index contributed by atoms with van der Waals surface area (Å²) >= 11 is 5.05. The van der Waals surface area contributed by atoms with Crippen LogP contribution in [0.4, 0.5) is 10.1 Å². The minimum Gasteiger partial charge on any atom is -0.398 e. The van der Waals surface area contributed by atoms with Crippen LogP contribution in [0.15, 0.2) is 50.7 Å². The highest BCUT2D eigenvalue weighted by Crippen LogP contribution is 2.35. The highest BCUT2D eigenvalue weighted by atomic mass is 79.9. The van der Waals surface area contributed by atoms with Gasteiger partial charge in [0.15, 0.2) is 0 Å². The van der Waals surface area contributed by atoms with Crippen LogP contribution in [0, 0.1) is 12.7 Å². The Bertz CT molecular complexity index is 540. The molecule has 0 saturated heterocycles. The second-order valence-electron chi connectivity index (χ2n) is 3.70. The van der Waals surface area contributed by atoms with Gasteiger partial charge in [0.05, 0.1) is 0 Å². The zero-order chi connectivity index (χ0) is 12.4. The number of rotatable bonds is 2. The van der Waals surface area contributed by atoms with Crippen LogP contribution in [0.1, 0.15) is 5.56 Å². The Morgan fingerprint density at radius 3 is 2.47 bits per heavy atom. The fourth-order valence-electron chi connectivity index (χ4n) is 1.38. The van der Waals surface area contributed by atoms with Crippen molar-refractivity contribution in [3.63, 3.8) is 0 Å². The minimum atomic E-state index is -0.220. The molecule has 0 bridgehead atoms. The molecule has 0 aliphatic heterocycles. The monoisotopic (exact) mass is 311 g/mol. The van der Waals surface area contributed by atoms with Gasteiger partial charge in [-0.15, -0.1) is 0 Å². The standard InChI is InChI=1S/C13H11BrFNS/c1-8-6-13(11(14)7-12(8)16)17-10-4-2-9(15)3-5-10/h2-7H,16H2,1H3. The Labute approximate surface area is 112 Å². The predicted molar refractivity (Wildman–Crippen MR) is 73.8 cm³/mol. The smallest absolute Gasteiger partial charge is 0.123 e. The molecule has 88 valence electrons. The summed E-state index contributed by atoms with van der Waals surface area (Å²) in [6.07, 6.45) is 0. The van der Waals surface area contributed by atoms with Crippen LogP contribution in [0.3, 0.4) is 0 Å². The van der Waals surface area contributed by atoms with Gasteiger partial charge in [0.1, 0.15) is 5.82 Å². The lowest BCUT2D eigenvalue weighted by molar-refractivity contribution is 0.626. The first-order valence-corrected chi connectivity index (χ1v) is 6.66. The maximum atomic E-state index is 12.8. The van der Waals surface area contributed by atoms with Gasteiger partial charge in [-0.25, -0.2) is 4.39 Å². The normalized spacial score (nSPS) is 10.5. The van der Waals surface area contributed by atoms with E-state index >= 15 is 0 Å². The Balaban J connectivity index is 2.30. The molecule has 2 rings (SSSR count). The number of nitrogens with two attached hydrogens (primary N) is 1. The van der Waals surface area contributed by atoms with Gasteiger partial charge in [-0.1, -0.05) is 11.8 Å². The van der Waals surface area contributed by atoms with Crippen LogP contribution < -0.4 is 5.73 Å². The SMILES string of the molecule is Cc1cc(Sc2ccc(F)cc2)c(Br)cc1N. The molecule has 0 unspecified atom stereocenters. The summed E-state index contributed by atoms with van der Waals surface area (Å²) in [5.41, 5.74) is 7.62. The third-order valence-electron chi connectivity index (χ3n) is 2.36. The molecule has 0 atom stereocenters. The fourth-order valence-corrected chi connectivity index (χ4v) is 2.90. The molecule has 2 N–H and O–H groups in total. The first-order chi connectivity index (χ1) is 8.06. The maximum Gasteiger partial charge on any atom is 0.123 e. The van der Waals surface area contributed by atoms with Gasteiger partial charge in [0.25, 0.3) is 0 Å². The molecule has 0 aliphatic rings. The molecule has 0 heterocycles. The molecule has 0 fully saturated rings. The molecule has 2 aromatic rings. The van der Waals surface area contributed by atoms with E-state index in [1.807, 2.05) is 19.1 Å². The van der Waals surface area contributed by atoms with E-state index in [4.69, 9.17) is 5.73 Å². The third-order valence-corrected chi connectivity index (χ3v) is 4.35. The lowest BCUT2D eigenvalue weighted by Gasteiger charge is -2.08. The number of aryl methyl sites for hydroxylation is 1. The molecule has 0 aliphatic carbocycles. The largest absolute Gasteiger partial charge is 0.398 e. The van der Waals surface area contributed by atoms with Crippen LogP contribution in [-0.2, 0) is 0 Å². The predicted octanol–water partition coefficient (Wildman–Crippen LogP) is 4.63. The molecule has 0 aromatic heterocycles. The second kappa shape index (κ2) is 5.10. The Morgan fingerprint density at radius 1 is 1.18 bits per heavy atom. The van der Waals surface area contributed by atoms with E-state index in [0.29, 0.717) is 0 Å². The quantitative estimate of drug-likeness (QED) is 0.818. The van der Waals surface area contributed by atoms with Gasteiger partial charge in [-0.2, -0.15) is 0 Å². The van der Waals surface area contributed by atoms with Gasteiger partial charge >= 0.3 is 0 Å². The Kier molecular flexibility index (Phi) is 3.74. The van der Waals surface area contributed by atoms with Crippen molar-refractivity contribution in [1.82, 2.24) is 0 Å². The number of hydrogen-bond donors (Lipinski definition) is 1. The second-order valence-corrected chi connectivity index (χ2v) is 5.66. The van der Waals surface area contributed by atoms with Crippen molar-refractivity contribution in [2.45, 2.75) is 16.7 Å². The van der Waals surface area contributed by atoms with Crippen LogP contribution in [0.5, 0.6) is 0 Å². The van der Waals surface area contributed by atoms with Gasteiger partial charge in [0, 0.05) is 20.0 Å². The molecular weight excluding hydrogens is 301 g/mol. The molecule has 0 amide bonds. The Hall–Kier alpha value is -1.00. The summed E-state index contributed by atoms with van der Waals surface area (Å²) in [5, 5.41) is 0. The maximum absolute atomic E-state index is 12.8. The van der Waals surface area contributed by atoms with E-state index in [1.165, 1.54) is 12.1 Å². The van der Waals surface area contributed by atoms with Crippen molar-refractivity contribution in [3.05, 3.63) is 52.3 Å². The van der Waals surface area contributed by atoms with Crippen molar-refractivity contribution >= 4 is 33.4 Å². The van der Waals surface area contributed by atoms with Gasteiger partial charge < -0.3 is 5.73 Å². The average molecular weight is 312 g/mol. The molecule has 17 heavy (non-hydrogen) atoms. The number of nitrogen functional groups attached to an aromatic ring is 1. The van der Waals surface area contributed by atoms with Crippen molar-refractivity contribution in [1.29, 1.82) is 0 Å². The summed E-state index contributed by atoms with van der Waals surface area (Å²) in [5.74, 6) is -0.220. The lowest BCUT2D eigenvalue weighted by Crippen LogP contribution is -1.90. The summed E-state index contributed by atoms with van der Waals surface area (Å²) in [6.45, 7) is 1.97. The molecule has 4 heteroatoms.